The third-order valence-electron chi connectivity index (χ3n) is 7.11. The maximum atomic E-state index is 10.8. The molecule has 2 aliphatic rings. The molecule has 0 aromatic heterocycles. The number of carbonyl (C=O) groups is 1. The zero-order valence-corrected chi connectivity index (χ0v) is 17.4. The van der Waals surface area contributed by atoms with Crippen LogP contribution in [0.2, 0.25) is 0 Å². The lowest BCUT2D eigenvalue weighted by atomic mass is 9.62. The van der Waals surface area contributed by atoms with Crippen LogP contribution in [0.4, 0.5) is 0 Å². The fourth-order valence-corrected chi connectivity index (χ4v) is 5.08. The van der Waals surface area contributed by atoms with Crippen LogP contribution in [-0.4, -0.2) is 44.7 Å². The molecule has 2 aliphatic carbocycles. The molecule has 5 atom stereocenters. The fourth-order valence-electron chi connectivity index (χ4n) is 5.08. The predicted molar refractivity (Wildman–Crippen MR) is 110 cm³/mol. The van der Waals surface area contributed by atoms with Gasteiger partial charge in [0.05, 0.1) is 18.3 Å². The molecule has 0 aromatic carbocycles. The molecule has 162 valence electrons. The van der Waals surface area contributed by atoms with Crippen molar-refractivity contribution in [1.82, 2.24) is 0 Å². The topological polar surface area (TPSA) is 98.0 Å². The van der Waals surface area contributed by atoms with E-state index in [0.717, 1.165) is 57.8 Å². The molecular formula is C23H40O5. The molecule has 0 aliphatic heterocycles. The molecule has 5 heteroatoms. The van der Waals surface area contributed by atoms with E-state index in [9.17, 15) is 20.1 Å². The normalized spacial score (nSPS) is 30.4. The van der Waals surface area contributed by atoms with Gasteiger partial charge in [0.1, 0.15) is 0 Å². The summed E-state index contributed by atoms with van der Waals surface area (Å²) in [5.41, 5.74) is 0.0221. The molecule has 0 radical (unpaired) electrons. The number of unbranched alkanes of at least 4 members (excludes halogenated alkanes) is 4. The van der Waals surface area contributed by atoms with Gasteiger partial charge in [-0.1, -0.05) is 57.6 Å². The van der Waals surface area contributed by atoms with Gasteiger partial charge in [-0.2, -0.15) is 0 Å². The van der Waals surface area contributed by atoms with Crippen molar-refractivity contribution in [3.63, 3.8) is 0 Å². The Balaban J connectivity index is 1.85. The molecule has 0 aromatic rings. The van der Waals surface area contributed by atoms with Crippen molar-refractivity contribution in [3.8, 4) is 0 Å². The van der Waals surface area contributed by atoms with Gasteiger partial charge in [0, 0.05) is 18.8 Å². The minimum absolute atomic E-state index is 0.0194. The van der Waals surface area contributed by atoms with Crippen LogP contribution in [0, 0.1) is 17.3 Å². The van der Waals surface area contributed by atoms with Crippen molar-refractivity contribution >= 4 is 5.97 Å². The third-order valence-corrected chi connectivity index (χ3v) is 7.11. The summed E-state index contributed by atoms with van der Waals surface area (Å²) in [6.45, 7) is 2.18. The number of aliphatic hydroxyl groups excluding tert-OH is 3. The summed E-state index contributed by atoms with van der Waals surface area (Å²) >= 11 is 0. The van der Waals surface area contributed by atoms with E-state index in [1.54, 1.807) is 0 Å². The van der Waals surface area contributed by atoms with Crippen molar-refractivity contribution < 1.29 is 25.2 Å². The number of hydrogen-bond donors (Lipinski definition) is 4. The summed E-state index contributed by atoms with van der Waals surface area (Å²) in [5.74, 6) is -0.834. The van der Waals surface area contributed by atoms with Crippen molar-refractivity contribution in [1.29, 1.82) is 0 Å². The highest BCUT2D eigenvalue weighted by Crippen LogP contribution is 2.48. The zero-order valence-electron chi connectivity index (χ0n) is 17.4. The highest BCUT2D eigenvalue weighted by Gasteiger charge is 2.43. The number of hydrogen-bond acceptors (Lipinski definition) is 4. The summed E-state index contributed by atoms with van der Waals surface area (Å²) in [5, 5.41) is 40.2. The zero-order chi connectivity index (χ0) is 20.6. The summed E-state index contributed by atoms with van der Waals surface area (Å²) in [6, 6.07) is 0. The van der Waals surface area contributed by atoms with E-state index >= 15 is 0 Å². The molecule has 0 amide bonds. The summed E-state index contributed by atoms with van der Waals surface area (Å²) in [6.07, 6.45) is 13.9. The van der Waals surface area contributed by atoms with Crippen LogP contribution in [0.3, 0.4) is 0 Å². The van der Waals surface area contributed by atoms with Gasteiger partial charge >= 0.3 is 5.97 Å². The van der Waals surface area contributed by atoms with Gasteiger partial charge in [-0.05, 0) is 43.4 Å². The molecule has 2 rings (SSSR count). The van der Waals surface area contributed by atoms with Crippen LogP contribution < -0.4 is 0 Å². The maximum absolute atomic E-state index is 10.8. The molecule has 0 heterocycles. The minimum Gasteiger partial charge on any atom is -0.481 e. The van der Waals surface area contributed by atoms with E-state index in [4.69, 9.17) is 5.11 Å². The van der Waals surface area contributed by atoms with Crippen LogP contribution >= 0.6 is 0 Å². The first-order chi connectivity index (χ1) is 13.4. The van der Waals surface area contributed by atoms with Gasteiger partial charge in [-0.3, -0.25) is 4.79 Å². The Bertz CT molecular complexity index is 499. The molecule has 1 unspecified atom stereocenters. The van der Waals surface area contributed by atoms with Gasteiger partial charge in [-0.25, -0.2) is 0 Å². The lowest BCUT2D eigenvalue weighted by Gasteiger charge is -2.45. The van der Waals surface area contributed by atoms with Crippen LogP contribution in [0.25, 0.3) is 0 Å². The average Bonchev–Trinajstić information content (AvgIpc) is 2.88. The van der Waals surface area contributed by atoms with Crippen LogP contribution in [0.5, 0.6) is 0 Å². The SMILES string of the molecule is CCCCC1(C(O)C=C[C@@H]2[C@@H](CCCCCCC(=O)O)[C@@H](O)C[C@H]2O)CCC1. The van der Waals surface area contributed by atoms with Crippen LogP contribution in [-0.2, 0) is 4.79 Å². The first-order valence-corrected chi connectivity index (χ1v) is 11.3. The van der Waals surface area contributed by atoms with E-state index in [1.165, 1.54) is 6.42 Å². The second kappa shape index (κ2) is 11.3. The van der Waals surface area contributed by atoms with E-state index in [2.05, 4.69) is 6.92 Å². The Kier molecular flexibility index (Phi) is 9.45. The van der Waals surface area contributed by atoms with Crippen molar-refractivity contribution in [3.05, 3.63) is 12.2 Å². The largest absolute Gasteiger partial charge is 0.481 e. The van der Waals surface area contributed by atoms with Gasteiger partial charge in [-0.15, -0.1) is 0 Å². The molecule has 5 nitrogen and oxygen atoms in total. The van der Waals surface area contributed by atoms with Gasteiger partial charge < -0.3 is 20.4 Å². The van der Waals surface area contributed by atoms with E-state index in [1.807, 2.05) is 12.2 Å². The Morgan fingerprint density at radius 3 is 2.43 bits per heavy atom. The fraction of sp³-hybridized carbons (Fsp3) is 0.870. The van der Waals surface area contributed by atoms with Gasteiger partial charge in [0.2, 0.25) is 0 Å². The molecule has 2 fully saturated rings. The first-order valence-electron chi connectivity index (χ1n) is 11.3. The number of aliphatic hydroxyl groups is 3. The van der Waals surface area contributed by atoms with Gasteiger partial charge in [0.25, 0.3) is 0 Å². The predicted octanol–water partition coefficient (Wildman–Crippen LogP) is 4.05. The number of carboxylic acid groups (broad SMARTS) is 1. The van der Waals surface area contributed by atoms with Crippen molar-refractivity contribution in [2.24, 2.45) is 17.3 Å². The second-order valence-electron chi connectivity index (χ2n) is 9.11. The maximum Gasteiger partial charge on any atom is 0.303 e. The monoisotopic (exact) mass is 396 g/mol. The van der Waals surface area contributed by atoms with E-state index < -0.39 is 24.3 Å². The number of aliphatic carboxylic acids is 1. The van der Waals surface area contributed by atoms with Crippen LogP contribution in [0.1, 0.15) is 90.4 Å². The smallest absolute Gasteiger partial charge is 0.303 e. The quantitative estimate of drug-likeness (QED) is 0.278. The standard InChI is InChI=1S/C23H40O5/c1-2-3-13-23(14-8-15-23)21(26)12-11-18-17(19(24)16-20(18)25)9-6-4-5-7-10-22(27)28/h11-12,17-21,24-26H,2-10,13-16H2,1H3,(H,27,28)/t17-,18-,19+,20-,21?/m1/s1. The molecule has 0 spiro atoms. The molecular weight excluding hydrogens is 356 g/mol. The van der Waals surface area contributed by atoms with Gasteiger partial charge in [0.15, 0.2) is 0 Å². The highest BCUT2D eigenvalue weighted by molar-refractivity contribution is 5.66. The third kappa shape index (κ3) is 6.30. The highest BCUT2D eigenvalue weighted by atomic mass is 16.4. The Hall–Kier alpha value is -0.910. The molecule has 0 saturated heterocycles. The second-order valence-corrected chi connectivity index (χ2v) is 9.11. The number of rotatable bonds is 13. The summed E-state index contributed by atoms with van der Waals surface area (Å²) in [4.78, 5) is 10.6. The first kappa shape index (κ1) is 23.4. The molecule has 0 bridgehead atoms. The molecule has 4 N–H and O–H groups in total. The Labute approximate surface area is 169 Å². The Morgan fingerprint density at radius 2 is 1.82 bits per heavy atom. The van der Waals surface area contributed by atoms with E-state index in [-0.39, 0.29) is 23.7 Å². The number of carboxylic acids is 1. The van der Waals surface area contributed by atoms with Crippen molar-refractivity contribution in [2.45, 2.75) is 109 Å². The van der Waals surface area contributed by atoms with Crippen LogP contribution in [0.15, 0.2) is 12.2 Å². The Morgan fingerprint density at radius 1 is 1.11 bits per heavy atom. The van der Waals surface area contributed by atoms with Crippen molar-refractivity contribution in [2.75, 3.05) is 0 Å². The summed E-state index contributed by atoms with van der Waals surface area (Å²) in [7, 11) is 0. The molecule has 28 heavy (non-hydrogen) atoms. The average molecular weight is 397 g/mol. The van der Waals surface area contributed by atoms with E-state index in [0.29, 0.717) is 12.8 Å². The minimum atomic E-state index is -0.749. The lowest BCUT2D eigenvalue weighted by Crippen LogP contribution is -2.40. The lowest BCUT2D eigenvalue weighted by molar-refractivity contribution is -0.137. The summed E-state index contributed by atoms with van der Waals surface area (Å²) < 4.78 is 0. The molecule has 2 saturated carbocycles.